The molecular weight excluding hydrogens is 292 g/mol. The van der Waals surface area contributed by atoms with E-state index in [-0.39, 0.29) is 0 Å². The van der Waals surface area contributed by atoms with Crippen LogP contribution >= 0.6 is 45.6 Å². The van der Waals surface area contributed by atoms with Crippen molar-refractivity contribution in [2.75, 3.05) is 0 Å². The standard InChI is InChI=1S/C11H7ClN2S3/c1-6-13-8(5-15-6)11-14-7(4-16-11)9-2-3-10(12)17-9/h2-5H,1H3. The number of hydrogen-bond acceptors (Lipinski definition) is 5. The topological polar surface area (TPSA) is 25.8 Å². The van der Waals surface area contributed by atoms with Gasteiger partial charge >= 0.3 is 0 Å². The summed E-state index contributed by atoms with van der Waals surface area (Å²) in [6.45, 7) is 2.00. The summed E-state index contributed by atoms with van der Waals surface area (Å²) in [5.74, 6) is 0. The van der Waals surface area contributed by atoms with Gasteiger partial charge in [-0.25, -0.2) is 9.97 Å². The Kier molecular flexibility index (Phi) is 3.00. The van der Waals surface area contributed by atoms with E-state index >= 15 is 0 Å². The molecule has 0 spiro atoms. The van der Waals surface area contributed by atoms with Gasteiger partial charge in [-0.3, -0.25) is 0 Å². The van der Waals surface area contributed by atoms with Gasteiger partial charge in [0.25, 0.3) is 0 Å². The largest absolute Gasteiger partial charge is 0.239 e. The van der Waals surface area contributed by atoms with E-state index < -0.39 is 0 Å². The predicted molar refractivity (Wildman–Crippen MR) is 76.3 cm³/mol. The fraction of sp³-hybridized carbons (Fsp3) is 0.0909. The molecule has 0 fully saturated rings. The van der Waals surface area contributed by atoms with Gasteiger partial charge in [0.05, 0.1) is 19.9 Å². The lowest BCUT2D eigenvalue weighted by Gasteiger charge is -1.88. The van der Waals surface area contributed by atoms with Crippen LogP contribution in [0.4, 0.5) is 0 Å². The molecular formula is C11H7ClN2S3. The lowest BCUT2D eigenvalue weighted by Crippen LogP contribution is -1.77. The average Bonchev–Trinajstić information content (AvgIpc) is 2.96. The predicted octanol–water partition coefficient (Wildman–Crippen LogP) is 4.96. The van der Waals surface area contributed by atoms with Gasteiger partial charge < -0.3 is 0 Å². The third kappa shape index (κ3) is 2.28. The maximum absolute atomic E-state index is 5.92. The molecule has 3 aromatic heterocycles. The van der Waals surface area contributed by atoms with Gasteiger partial charge in [-0.2, -0.15) is 0 Å². The van der Waals surface area contributed by atoms with Crippen LogP contribution in [-0.2, 0) is 0 Å². The number of aromatic nitrogens is 2. The van der Waals surface area contributed by atoms with E-state index in [1.54, 1.807) is 34.0 Å². The van der Waals surface area contributed by atoms with Crippen LogP contribution in [0.2, 0.25) is 4.34 Å². The zero-order chi connectivity index (χ0) is 11.8. The summed E-state index contributed by atoms with van der Waals surface area (Å²) >= 11 is 10.7. The van der Waals surface area contributed by atoms with Gasteiger partial charge in [-0.05, 0) is 19.1 Å². The van der Waals surface area contributed by atoms with Crippen LogP contribution in [0.3, 0.4) is 0 Å². The molecule has 0 saturated carbocycles. The van der Waals surface area contributed by atoms with E-state index in [2.05, 4.69) is 9.97 Å². The van der Waals surface area contributed by atoms with Crippen LogP contribution in [0.25, 0.3) is 21.3 Å². The summed E-state index contributed by atoms with van der Waals surface area (Å²) in [5, 5.41) is 6.12. The van der Waals surface area contributed by atoms with Crippen molar-refractivity contribution >= 4 is 45.6 Å². The Balaban J connectivity index is 1.98. The van der Waals surface area contributed by atoms with E-state index in [4.69, 9.17) is 11.6 Å². The van der Waals surface area contributed by atoms with E-state index in [1.807, 2.05) is 29.8 Å². The van der Waals surface area contributed by atoms with Crippen molar-refractivity contribution < 1.29 is 0 Å². The van der Waals surface area contributed by atoms with Gasteiger partial charge in [0.1, 0.15) is 10.7 Å². The first kappa shape index (κ1) is 11.3. The van der Waals surface area contributed by atoms with Gasteiger partial charge in [-0.1, -0.05) is 11.6 Å². The maximum Gasteiger partial charge on any atom is 0.143 e. The molecule has 3 aromatic rings. The van der Waals surface area contributed by atoms with Crippen molar-refractivity contribution in [2.45, 2.75) is 6.92 Å². The van der Waals surface area contributed by atoms with Crippen LogP contribution in [0.5, 0.6) is 0 Å². The van der Waals surface area contributed by atoms with Gasteiger partial charge in [0.2, 0.25) is 0 Å². The minimum Gasteiger partial charge on any atom is -0.239 e. The fourth-order valence-corrected chi connectivity index (χ4v) is 3.95. The smallest absolute Gasteiger partial charge is 0.143 e. The second kappa shape index (κ2) is 4.49. The third-order valence-electron chi connectivity index (χ3n) is 2.17. The molecule has 17 heavy (non-hydrogen) atoms. The molecule has 6 heteroatoms. The second-order valence-corrected chi connectivity index (χ2v) is 7.03. The molecule has 0 amide bonds. The van der Waals surface area contributed by atoms with Crippen molar-refractivity contribution in [1.82, 2.24) is 9.97 Å². The second-order valence-electron chi connectivity index (χ2n) is 3.39. The van der Waals surface area contributed by atoms with Crippen molar-refractivity contribution in [3.8, 4) is 21.3 Å². The SMILES string of the molecule is Cc1nc(-c2nc(-c3ccc(Cl)s3)cs2)cs1. The molecule has 3 rings (SSSR count). The van der Waals surface area contributed by atoms with Crippen molar-refractivity contribution in [2.24, 2.45) is 0 Å². The van der Waals surface area contributed by atoms with Crippen molar-refractivity contribution in [3.05, 3.63) is 32.2 Å². The molecule has 0 radical (unpaired) electrons. The highest BCUT2D eigenvalue weighted by Crippen LogP contribution is 2.34. The van der Waals surface area contributed by atoms with Gasteiger partial charge in [-0.15, -0.1) is 34.0 Å². The molecule has 0 N–H and O–H groups in total. The van der Waals surface area contributed by atoms with E-state index in [9.17, 15) is 0 Å². The van der Waals surface area contributed by atoms with Crippen molar-refractivity contribution in [1.29, 1.82) is 0 Å². The minimum absolute atomic E-state index is 0.791. The monoisotopic (exact) mass is 298 g/mol. The number of aryl methyl sites for hydroxylation is 1. The molecule has 0 aliphatic carbocycles. The summed E-state index contributed by atoms with van der Waals surface area (Å²) in [4.78, 5) is 10.1. The maximum atomic E-state index is 5.92. The number of hydrogen-bond donors (Lipinski definition) is 0. The number of nitrogens with zero attached hydrogens (tertiary/aromatic N) is 2. The van der Waals surface area contributed by atoms with E-state index in [0.29, 0.717) is 0 Å². The Morgan fingerprint density at radius 2 is 1.88 bits per heavy atom. The zero-order valence-corrected chi connectivity index (χ0v) is 12.0. The minimum atomic E-state index is 0.791. The molecule has 86 valence electrons. The molecule has 0 atom stereocenters. The molecule has 0 aliphatic heterocycles. The summed E-state index contributed by atoms with van der Waals surface area (Å²) in [6, 6.07) is 3.89. The quantitative estimate of drug-likeness (QED) is 0.668. The van der Waals surface area contributed by atoms with Gasteiger partial charge in [0.15, 0.2) is 0 Å². The summed E-state index contributed by atoms with van der Waals surface area (Å²) < 4.78 is 0.791. The van der Waals surface area contributed by atoms with Crippen LogP contribution in [0.15, 0.2) is 22.9 Å². The van der Waals surface area contributed by atoms with Crippen LogP contribution < -0.4 is 0 Å². The van der Waals surface area contributed by atoms with Crippen molar-refractivity contribution in [3.63, 3.8) is 0 Å². The highest BCUT2D eigenvalue weighted by Gasteiger charge is 2.10. The fourth-order valence-electron chi connectivity index (χ4n) is 1.42. The summed E-state index contributed by atoms with van der Waals surface area (Å²) in [5.41, 5.74) is 1.94. The summed E-state index contributed by atoms with van der Waals surface area (Å²) in [6.07, 6.45) is 0. The molecule has 0 aliphatic rings. The molecule has 3 heterocycles. The molecule has 0 bridgehead atoms. The normalized spacial score (nSPS) is 10.9. The molecule has 0 aromatic carbocycles. The highest BCUT2D eigenvalue weighted by molar-refractivity contribution is 7.20. The lowest BCUT2D eigenvalue weighted by molar-refractivity contribution is 1.28. The first-order chi connectivity index (χ1) is 8.22. The Morgan fingerprint density at radius 1 is 1.06 bits per heavy atom. The lowest BCUT2D eigenvalue weighted by atomic mass is 10.4. The Hall–Kier alpha value is -0.750. The summed E-state index contributed by atoms with van der Waals surface area (Å²) in [7, 11) is 0. The van der Waals surface area contributed by atoms with E-state index in [0.717, 1.165) is 30.6 Å². The van der Waals surface area contributed by atoms with Gasteiger partial charge in [0, 0.05) is 10.8 Å². The zero-order valence-electron chi connectivity index (χ0n) is 8.81. The molecule has 0 unspecified atom stereocenters. The Morgan fingerprint density at radius 3 is 2.53 bits per heavy atom. The van der Waals surface area contributed by atoms with Crippen LogP contribution in [-0.4, -0.2) is 9.97 Å². The van der Waals surface area contributed by atoms with Crippen LogP contribution in [0, 0.1) is 6.92 Å². The molecule has 2 nitrogen and oxygen atoms in total. The number of thiazole rings is 2. The number of rotatable bonds is 2. The highest BCUT2D eigenvalue weighted by atomic mass is 35.5. The van der Waals surface area contributed by atoms with Crippen LogP contribution in [0.1, 0.15) is 5.01 Å². The first-order valence-electron chi connectivity index (χ1n) is 4.86. The number of halogens is 1. The molecule has 0 saturated heterocycles. The Bertz CT molecular complexity index is 598. The average molecular weight is 299 g/mol. The van der Waals surface area contributed by atoms with E-state index in [1.165, 1.54) is 0 Å². The first-order valence-corrected chi connectivity index (χ1v) is 7.81. The Labute approximate surface area is 116 Å². The third-order valence-corrected chi connectivity index (χ3v) is 5.06. The number of thiophene rings is 1.